The maximum Gasteiger partial charge on any atom is 0.126 e. The van der Waals surface area contributed by atoms with Crippen molar-refractivity contribution in [2.45, 2.75) is 12.5 Å². The van der Waals surface area contributed by atoms with Gasteiger partial charge in [-0.3, -0.25) is 9.97 Å². The van der Waals surface area contributed by atoms with Gasteiger partial charge in [-0.2, -0.15) is 0 Å². The Hall–Kier alpha value is -2.37. The third-order valence-corrected chi connectivity index (χ3v) is 4.14. The van der Waals surface area contributed by atoms with Gasteiger partial charge in [0, 0.05) is 29.0 Å². The van der Waals surface area contributed by atoms with Crippen molar-refractivity contribution < 1.29 is 8.78 Å². The summed E-state index contributed by atoms with van der Waals surface area (Å²) < 4.78 is 26.9. The Morgan fingerprint density at radius 3 is 2.28 bits per heavy atom. The van der Waals surface area contributed by atoms with Gasteiger partial charge in [-0.05, 0) is 43.3 Å². The van der Waals surface area contributed by atoms with Crippen molar-refractivity contribution in [2.75, 3.05) is 7.05 Å². The molecule has 25 heavy (non-hydrogen) atoms. The van der Waals surface area contributed by atoms with Crippen LogP contribution in [0.5, 0.6) is 0 Å². The molecule has 3 rings (SSSR count). The summed E-state index contributed by atoms with van der Waals surface area (Å²) in [5, 5.41) is 3.79. The van der Waals surface area contributed by atoms with Crippen LogP contribution in [-0.2, 0) is 6.42 Å². The smallest absolute Gasteiger partial charge is 0.126 e. The molecule has 0 spiro atoms. The monoisotopic (exact) mass is 359 g/mol. The first-order valence-corrected chi connectivity index (χ1v) is 8.13. The first kappa shape index (κ1) is 17.5. The summed E-state index contributed by atoms with van der Waals surface area (Å²) in [6.07, 6.45) is 3.59. The lowest BCUT2D eigenvalue weighted by Crippen LogP contribution is -2.21. The van der Waals surface area contributed by atoms with E-state index in [9.17, 15) is 8.78 Å². The zero-order chi connectivity index (χ0) is 17.8. The zero-order valence-electron chi connectivity index (χ0n) is 13.5. The molecule has 0 saturated heterocycles. The number of nitrogens with one attached hydrogen (secondary N) is 1. The normalized spacial score (nSPS) is 12.2. The van der Waals surface area contributed by atoms with E-state index in [-0.39, 0.29) is 6.04 Å². The number of halogens is 3. The predicted octanol–water partition coefficient (Wildman–Crippen LogP) is 4.58. The molecular weight excluding hydrogens is 344 g/mol. The van der Waals surface area contributed by atoms with Crippen LogP contribution in [0, 0.1) is 11.6 Å². The highest BCUT2D eigenvalue weighted by molar-refractivity contribution is 6.30. The van der Waals surface area contributed by atoms with E-state index in [2.05, 4.69) is 15.3 Å². The Morgan fingerprint density at radius 1 is 1.00 bits per heavy atom. The first-order valence-electron chi connectivity index (χ1n) is 7.76. The Bertz CT molecular complexity index is 849. The average molecular weight is 360 g/mol. The molecule has 0 amide bonds. The second-order valence-corrected chi connectivity index (χ2v) is 6.06. The molecule has 0 aliphatic rings. The van der Waals surface area contributed by atoms with Crippen LogP contribution in [-0.4, -0.2) is 17.0 Å². The van der Waals surface area contributed by atoms with E-state index in [0.29, 0.717) is 28.4 Å². The summed E-state index contributed by atoms with van der Waals surface area (Å²) in [5.41, 5.74) is 2.83. The molecule has 1 unspecified atom stereocenters. The fourth-order valence-electron chi connectivity index (χ4n) is 2.73. The molecule has 0 aliphatic heterocycles. The Morgan fingerprint density at radius 2 is 1.64 bits per heavy atom. The lowest BCUT2D eigenvalue weighted by molar-refractivity contribution is 0.554. The van der Waals surface area contributed by atoms with E-state index in [0.717, 1.165) is 11.6 Å². The molecule has 0 saturated carbocycles. The van der Waals surface area contributed by atoms with Gasteiger partial charge in [-0.15, -0.1) is 0 Å². The maximum atomic E-state index is 13.5. The summed E-state index contributed by atoms with van der Waals surface area (Å²) in [6.45, 7) is 0. The predicted molar refractivity (Wildman–Crippen MR) is 94.3 cm³/mol. The number of nitrogens with zero attached hydrogens (tertiary/aromatic N) is 2. The lowest BCUT2D eigenvalue weighted by Gasteiger charge is -2.18. The van der Waals surface area contributed by atoms with Gasteiger partial charge >= 0.3 is 0 Å². The van der Waals surface area contributed by atoms with E-state index in [1.165, 1.54) is 12.1 Å². The molecule has 0 aliphatic carbocycles. The largest absolute Gasteiger partial charge is 0.311 e. The van der Waals surface area contributed by atoms with Crippen LogP contribution in [0.4, 0.5) is 8.78 Å². The number of hydrogen-bond acceptors (Lipinski definition) is 3. The van der Waals surface area contributed by atoms with Crippen molar-refractivity contribution >= 4 is 11.6 Å². The zero-order valence-corrected chi connectivity index (χ0v) is 14.3. The number of hydrogen-bond donors (Lipinski definition) is 1. The first-order chi connectivity index (χ1) is 12.1. The van der Waals surface area contributed by atoms with Crippen molar-refractivity contribution in [1.82, 2.24) is 15.3 Å². The van der Waals surface area contributed by atoms with Gasteiger partial charge < -0.3 is 5.32 Å². The van der Waals surface area contributed by atoms with Crippen LogP contribution < -0.4 is 5.32 Å². The van der Waals surface area contributed by atoms with Crippen molar-refractivity contribution in [3.63, 3.8) is 0 Å². The number of rotatable bonds is 5. The highest BCUT2D eigenvalue weighted by Gasteiger charge is 2.18. The molecule has 2 aromatic carbocycles. The van der Waals surface area contributed by atoms with Crippen LogP contribution in [0.1, 0.15) is 17.3 Å². The second-order valence-electron chi connectivity index (χ2n) is 5.62. The molecule has 128 valence electrons. The minimum absolute atomic E-state index is 0.249. The molecular formula is C19H16ClF2N3. The molecule has 0 radical (unpaired) electrons. The maximum absolute atomic E-state index is 13.5. The molecule has 1 aromatic heterocycles. The van der Waals surface area contributed by atoms with Gasteiger partial charge in [0.1, 0.15) is 11.6 Å². The quantitative estimate of drug-likeness (QED) is 0.724. The fourth-order valence-corrected chi connectivity index (χ4v) is 2.86. The average Bonchev–Trinajstić information content (AvgIpc) is 2.60. The second kappa shape index (κ2) is 7.68. The third-order valence-electron chi connectivity index (χ3n) is 3.88. The van der Waals surface area contributed by atoms with E-state index < -0.39 is 11.6 Å². The summed E-state index contributed by atoms with van der Waals surface area (Å²) >= 11 is 5.95. The van der Waals surface area contributed by atoms with Crippen LogP contribution >= 0.6 is 11.6 Å². The van der Waals surface area contributed by atoms with Crippen LogP contribution in [0.25, 0.3) is 11.3 Å². The van der Waals surface area contributed by atoms with E-state index in [1.54, 1.807) is 31.6 Å². The molecule has 0 bridgehead atoms. The summed E-state index contributed by atoms with van der Waals surface area (Å²) in [5.74, 6) is -1.19. The molecule has 1 atom stereocenters. The minimum Gasteiger partial charge on any atom is -0.311 e. The van der Waals surface area contributed by atoms with Crippen molar-refractivity contribution in [3.8, 4) is 11.3 Å². The Labute approximate surface area is 149 Å². The molecule has 3 aromatic rings. The van der Waals surface area contributed by atoms with Crippen LogP contribution in [0.3, 0.4) is 0 Å². The number of likely N-dealkylation sites (N-methyl/N-ethyl adjacent to an activating group) is 1. The highest BCUT2D eigenvalue weighted by atomic mass is 35.5. The van der Waals surface area contributed by atoms with E-state index in [4.69, 9.17) is 11.6 Å². The summed E-state index contributed by atoms with van der Waals surface area (Å²) in [7, 11) is 1.78. The van der Waals surface area contributed by atoms with E-state index in [1.807, 2.05) is 12.1 Å². The molecule has 3 nitrogen and oxygen atoms in total. The Balaban J connectivity index is 1.97. The summed E-state index contributed by atoms with van der Waals surface area (Å²) in [4.78, 5) is 8.87. The topological polar surface area (TPSA) is 37.8 Å². The van der Waals surface area contributed by atoms with Gasteiger partial charge in [0.2, 0.25) is 0 Å². The van der Waals surface area contributed by atoms with Crippen molar-refractivity contribution in [1.29, 1.82) is 0 Å². The SMILES string of the molecule is CNC(Cc1cc(F)cc(F)c1)c1nccnc1-c1ccc(Cl)cc1. The van der Waals surface area contributed by atoms with Crippen LogP contribution in [0.2, 0.25) is 5.02 Å². The fraction of sp³-hybridized carbons (Fsp3) is 0.158. The highest BCUT2D eigenvalue weighted by Crippen LogP contribution is 2.27. The van der Waals surface area contributed by atoms with Crippen molar-refractivity contribution in [3.05, 3.63) is 82.8 Å². The molecule has 1 N–H and O–H groups in total. The lowest BCUT2D eigenvalue weighted by atomic mass is 9.99. The number of benzene rings is 2. The molecule has 1 heterocycles. The van der Waals surface area contributed by atoms with Crippen LogP contribution in [0.15, 0.2) is 54.9 Å². The third kappa shape index (κ3) is 4.18. The van der Waals surface area contributed by atoms with Gasteiger partial charge in [-0.25, -0.2) is 8.78 Å². The minimum atomic E-state index is -0.595. The molecule has 6 heteroatoms. The standard InChI is InChI=1S/C19H16ClF2N3/c1-23-17(10-12-8-15(21)11-16(22)9-12)19-18(24-6-7-25-19)13-2-4-14(20)5-3-13/h2-9,11,17,23H,10H2,1H3. The van der Waals surface area contributed by atoms with E-state index >= 15 is 0 Å². The summed E-state index contributed by atoms with van der Waals surface area (Å²) in [6, 6.07) is 10.6. The molecule has 0 fully saturated rings. The van der Waals surface area contributed by atoms with Gasteiger partial charge in [0.25, 0.3) is 0 Å². The van der Waals surface area contributed by atoms with Gasteiger partial charge in [0.05, 0.1) is 17.4 Å². The Kier molecular flexibility index (Phi) is 5.36. The van der Waals surface area contributed by atoms with Gasteiger partial charge in [0.15, 0.2) is 0 Å². The van der Waals surface area contributed by atoms with Gasteiger partial charge in [-0.1, -0.05) is 23.7 Å². The van der Waals surface area contributed by atoms with Crippen molar-refractivity contribution in [2.24, 2.45) is 0 Å². The number of aromatic nitrogens is 2.